The second-order valence-corrected chi connectivity index (χ2v) is 9.83. The van der Waals surface area contributed by atoms with Crippen molar-refractivity contribution in [2.24, 2.45) is 0 Å². The summed E-state index contributed by atoms with van der Waals surface area (Å²) in [5.74, 6) is -0.122. The van der Waals surface area contributed by atoms with Crippen LogP contribution in [0.5, 0.6) is 0 Å². The van der Waals surface area contributed by atoms with Crippen LogP contribution < -0.4 is 10.6 Å². The van der Waals surface area contributed by atoms with Crippen LogP contribution in [-0.4, -0.2) is 36.0 Å². The van der Waals surface area contributed by atoms with Crippen LogP contribution in [0.15, 0.2) is 54.9 Å². The number of nitrogens with zero attached hydrogens (tertiary/aromatic N) is 2. The van der Waals surface area contributed by atoms with Crippen molar-refractivity contribution in [3.8, 4) is 5.69 Å². The molecule has 2 aromatic heterocycles. The summed E-state index contributed by atoms with van der Waals surface area (Å²) >= 11 is 12.7. The van der Waals surface area contributed by atoms with Crippen LogP contribution in [0.3, 0.4) is 0 Å². The number of carbonyl (C=O) groups is 2. The fourth-order valence-electron chi connectivity index (χ4n) is 3.03. The molecule has 0 aliphatic carbocycles. The smallest absolute Gasteiger partial charge is 0.264 e. The van der Waals surface area contributed by atoms with Gasteiger partial charge in [-0.05, 0) is 48.0 Å². The molecule has 2 N–H and O–H groups in total. The van der Waals surface area contributed by atoms with Gasteiger partial charge < -0.3 is 15.2 Å². The molecule has 0 radical (unpaired) electrons. The third-order valence-corrected chi connectivity index (χ3v) is 5.96. The van der Waals surface area contributed by atoms with E-state index in [0.717, 1.165) is 11.9 Å². The summed E-state index contributed by atoms with van der Waals surface area (Å²) in [5, 5.41) is 5.87. The van der Waals surface area contributed by atoms with E-state index in [1.54, 1.807) is 47.2 Å². The van der Waals surface area contributed by atoms with Crippen LogP contribution in [0, 0.1) is 0 Å². The van der Waals surface area contributed by atoms with E-state index in [2.05, 4.69) is 15.6 Å². The number of amides is 2. The first-order valence-corrected chi connectivity index (χ1v) is 12.8. The fraction of sp³-hybridized carbons (Fsp3) is 0.174. The van der Waals surface area contributed by atoms with Gasteiger partial charge in [0.15, 0.2) is 0 Å². The quantitative estimate of drug-likeness (QED) is 0.315. The molecule has 35 heavy (non-hydrogen) atoms. The van der Waals surface area contributed by atoms with Gasteiger partial charge in [0, 0.05) is 41.7 Å². The number of anilines is 1. The lowest BCUT2D eigenvalue weighted by molar-refractivity contribution is -0.116. The first-order valence-electron chi connectivity index (χ1n) is 10.2. The summed E-state index contributed by atoms with van der Waals surface area (Å²) < 4.78 is 29.3. The summed E-state index contributed by atoms with van der Waals surface area (Å²) in [7, 11) is -3.68. The molecule has 0 saturated carbocycles. The molecule has 12 heteroatoms. The van der Waals surface area contributed by atoms with Crippen LogP contribution in [0.2, 0.25) is 10.0 Å². The first kappa shape index (κ1) is 26.4. The second kappa shape index (κ2) is 11.5. The average molecular weight is 537 g/mol. The molecule has 0 saturated heterocycles. The molecule has 0 aliphatic rings. The fourth-order valence-corrected chi connectivity index (χ4v) is 3.93. The summed E-state index contributed by atoms with van der Waals surface area (Å²) in [6.07, 6.45) is 7.21. The van der Waals surface area contributed by atoms with Crippen molar-refractivity contribution < 1.29 is 22.2 Å². The lowest BCUT2D eigenvalue weighted by Gasteiger charge is -2.15. The highest BCUT2D eigenvalue weighted by atomic mass is 35.5. The van der Waals surface area contributed by atoms with E-state index < -0.39 is 10.1 Å². The van der Waals surface area contributed by atoms with Crippen LogP contribution in [-0.2, 0) is 37.0 Å². The minimum absolute atomic E-state index is 0.198. The normalized spacial score (nSPS) is 11.5. The number of aromatic nitrogens is 2. The van der Waals surface area contributed by atoms with Gasteiger partial charge in [-0.3, -0.25) is 13.8 Å². The summed E-state index contributed by atoms with van der Waals surface area (Å²) in [4.78, 5) is 27.5. The van der Waals surface area contributed by atoms with E-state index in [0.29, 0.717) is 22.6 Å². The Labute approximate surface area is 212 Å². The van der Waals surface area contributed by atoms with Gasteiger partial charge in [-0.1, -0.05) is 23.2 Å². The third-order valence-electron chi connectivity index (χ3n) is 4.64. The lowest BCUT2D eigenvalue weighted by Crippen LogP contribution is -2.21. The maximum absolute atomic E-state index is 12.3. The number of pyridine rings is 1. The lowest BCUT2D eigenvalue weighted by atomic mass is 10.2. The van der Waals surface area contributed by atoms with Gasteiger partial charge in [-0.2, -0.15) is 8.42 Å². The van der Waals surface area contributed by atoms with Crippen molar-refractivity contribution in [1.29, 1.82) is 0 Å². The molecule has 0 atom stereocenters. The summed E-state index contributed by atoms with van der Waals surface area (Å²) in [6, 6.07) is 10.2. The number of nitrogens with one attached hydrogen (secondary N) is 2. The van der Waals surface area contributed by atoms with E-state index in [1.807, 2.05) is 6.07 Å². The molecule has 0 fully saturated rings. The largest absolute Gasteiger partial charge is 0.347 e. The molecule has 3 rings (SSSR count). The zero-order chi connectivity index (χ0) is 25.6. The van der Waals surface area contributed by atoms with Crippen LogP contribution in [0.4, 0.5) is 5.82 Å². The van der Waals surface area contributed by atoms with Crippen molar-refractivity contribution in [2.75, 3.05) is 11.6 Å². The highest BCUT2D eigenvalue weighted by Gasteiger charge is 2.16. The van der Waals surface area contributed by atoms with Crippen LogP contribution >= 0.6 is 23.2 Å². The van der Waals surface area contributed by atoms with Crippen molar-refractivity contribution in [3.05, 3.63) is 81.7 Å². The highest BCUT2D eigenvalue weighted by molar-refractivity contribution is 7.85. The highest BCUT2D eigenvalue weighted by Crippen LogP contribution is 2.32. The van der Waals surface area contributed by atoms with Crippen LogP contribution in [0.25, 0.3) is 11.8 Å². The number of benzene rings is 1. The van der Waals surface area contributed by atoms with Crippen molar-refractivity contribution in [3.63, 3.8) is 0 Å². The van der Waals surface area contributed by atoms with Gasteiger partial charge in [0.1, 0.15) is 5.82 Å². The molecule has 2 amide bonds. The predicted molar refractivity (Wildman–Crippen MR) is 135 cm³/mol. The minimum Gasteiger partial charge on any atom is -0.347 e. The number of rotatable bonds is 9. The molecular weight excluding hydrogens is 515 g/mol. The number of hydrogen-bond acceptors (Lipinski definition) is 6. The van der Waals surface area contributed by atoms with Gasteiger partial charge in [-0.15, -0.1) is 0 Å². The molecule has 3 aromatic rings. The minimum atomic E-state index is -3.68. The maximum atomic E-state index is 12.3. The van der Waals surface area contributed by atoms with Gasteiger partial charge >= 0.3 is 0 Å². The zero-order valence-corrected chi connectivity index (χ0v) is 21.1. The van der Waals surface area contributed by atoms with E-state index >= 15 is 0 Å². The van der Waals surface area contributed by atoms with E-state index in [4.69, 9.17) is 27.4 Å². The number of carbonyl (C=O) groups excluding carboxylic acids is 2. The first-order chi connectivity index (χ1) is 16.5. The molecule has 0 bridgehead atoms. The Morgan fingerprint density at radius 1 is 1.17 bits per heavy atom. The Hall–Kier alpha value is -3.18. The van der Waals surface area contributed by atoms with E-state index in [-0.39, 0.29) is 35.0 Å². The maximum Gasteiger partial charge on any atom is 0.264 e. The molecule has 0 unspecified atom stereocenters. The Bertz CT molecular complexity index is 1370. The number of halogens is 2. The Kier molecular flexibility index (Phi) is 8.68. The molecule has 9 nitrogen and oxygen atoms in total. The number of hydrogen-bond donors (Lipinski definition) is 2. The topological polar surface area (TPSA) is 119 Å². The van der Waals surface area contributed by atoms with Gasteiger partial charge in [0.25, 0.3) is 10.1 Å². The summed E-state index contributed by atoms with van der Waals surface area (Å²) in [6.45, 7) is 1.29. The van der Waals surface area contributed by atoms with Crippen LogP contribution in [0.1, 0.15) is 23.7 Å². The van der Waals surface area contributed by atoms with Gasteiger partial charge in [0.05, 0.1) is 30.1 Å². The van der Waals surface area contributed by atoms with E-state index in [1.165, 1.54) is 19.2 Å². The Balaban J connectivity index is 1.68. The van der Waals surface area contributed by atoms with Gasteiger partial charge in [0.2, 0.25) is 11.8 Å². The predicted octanol–water partition coefficient (Wildman–Crippen LogP) is 3.94. The SMILES string of the molecule is CC(=O)Nc1ccc(/C=C/C(=O)NCc2cccn2-c2ccc(Cl)c(COS(C)(=O)=O)c2Cl)cn1. The Morgan fingerprint density at radius 3 is 2.60 bits per heavy atom. The molecule has 2 heterocycles. The second-order valence-electron chi connectivity index (χ2n) is 7.40. The third kappa shape index (κ3) is 7.66. The van der Waals surface area contributed by atoms with Crippen molar-refractivity contribution >= 4 is 57.0 Å². The summed E-state index contributed by atoms with van der Waals surface area (Å²) in [5.41, 5.74) is 2.31. The van der Waals surface area contributed by atoms with Gasteiger partial charge in [-0.25, -0.2) is 4.98 Å². The zero-order valence-electron chi connectivity index (χ0n) is 18.8. The monoisotopic (exact) mass is 536 g/mol. The standard InChI is InChI=1S/C23H22Cl2N4O5S/c1-15(30)28-21-9-5-16(12-26-21)6-10-22(31)27-13-17-4-3-11-29(17)20-8-7-19(24)18(23(20)25)14-34-35(2,32)33/h3-12H,13-14H2,1-2H3,(H,27,31)(H,26,28,30)/b10-6+. The average Bonchev–Trinajstić information content (AvgIpc) is 3.24. The van der Waals surface area contributed by atoms with Crippen molar-refractivity contribution in [2.45, 2.75) is 20.1 Å². The molecule has 184 valence electrons. The molecular formula is C23H22Cl2N4O5S. The van der Waals surface area contributed by atoms with E-state index in [9.17, 15) is 18.0 Å². The van der Waals surface area contributed by atoms with Crippen molar-refractivity contribution in [1.82, 2.24) is 14.9 Å². The Morgan fingerprint density at radius 2 is 1.94 bits per heavy atom. The molecule has 0 aliphatic heterocycles. The molecule has 0 spiro atoms. The molecule has 1 aromatic carbocycles.